The van der Waals surface area contributed by atoms with Gasteiger partial charge in [0.2, 0.25) is 11.8 Å². The van der Waals surface area contributed by atoms with Gasteiger partial charge in [0.1, 0.15) is 6.04 Å². The summed E-state index contributed by atoms with van der Waals surface area (Å²) in [4.78, 5) is 38.2. The number of nitrogens with two attached hydrogens (primary N) is 2. The van der Waals surface area contributed by atoms with Gasteiger partial charge in [-0.15, -0.1) is 0 Å². The van der Waals surface area contributed by atoms with Crippen LogP contribution < -0.4 is 11.5 Å². The lowest BCUT2D eigenvalue weighted by Crippen LogP contribution is -2.60. The molecule has 7 heteroatoms. The molecule has 1 aromatic rings. The van der Waals surface area contributed by atoms with Crippen LogP contribution >= 0.6 is 0 Å². The highest BCUT2D eigenvalue weighted by molar-refractivity contribution is 6.03. The van der Waals surface area contributed by atoms with Crippen LogP contribution in [0, 0.1) is 11.8 Å². The van der Waals surface area contributed by atoms with E-state index in [1.165, 1.54) is 0 Å². The fourth-order valence-electron chi connectivity index (χ4n) is 2.66. The van der Waals surface area contributed by atoms with E-state index in [2.05, 4.69) is 0 Å². The van der Waals surface area contributed by atoms with Gasteiger partial charge in [-0.2, -0.15) is 0 Å². The summed E-state index contributed by atoms with van der Waals surface area (Å²) < 4.78 is 0. The van der Waals surface area contributed by atoms with Crippen LogP contribution in [0.5, 0.6) is 0 Å². The molecule has 0 heterocycles. The summed E-state index contributed by atoms with van der Waals surface area (Å²) in [5, 5.41) is 9.58. The van der Waals surface area contributed by atoms with E-state index in [-0.39, 0.29) is 12.3 Å². The Morgan fingerprint density at radius 2 is 1.50 bits per heavy atom. The second-order valence-electron chi connectivity index (χ2n) is 7.14. The monoisotopic (exact) mass is 363 g/mol. The zero-order chi connectivity index (χ0) is 20.0. The predicted molar refractivity (Wildman–Crippen MR) is 99.0 cm³/mol. The van der Waals surface area contributed by atoms with Gasteiger partial charge in [0.05, 0.1) is 12.1 Å². The molecule has 0 fully saturated rings. The quantitative estimate of drug-likeness (QED) is 0.632. The first-order valence-electron chi connectivity index (χ1n) is 8.72. The average molecular weight is 363 g/mol. The number of hydrogen-bond donors (Lipinski definition) is 3. The maximum Gasteiger partial charge on any atom is 0.327 e. The Kier molecular flexibility index (Phi) is 7.92. The number of amides is 2. The first-order chi connectivity index (χ1) is 12.1. The van der Waals surface area contributed by atoms with Crippen molar-refractivity contribution in [2.75, 3.05) is 0 Å². The predicted octanol–water partition coefficient (Wildman–Crippen LogP) is 1.00. The number of aliphatic carboxylic acids is 1. The third-order valence-electron chi connectivity index (χ3n) is 4.26. The van der Waals surface area contributed by atoms with Crippen molar-refractivity contribution in [1.82, 2.24) is 4.90 Å². The minimum atomic E-state index is -1.32. The Balaban J connectivity index is 3.19. The first-order valence-corrected chi connectivity index (χ1v) is 8.72. The lowest BCUT2D eigenvalue weighted by atomic mass is 9.96. The smallest absolute Gasteiger partial charge is 0.327 e. The lowest BCUT2D eigenvalue weighted by molar-refractivity contribution is -0.161. The Morgan fingerprint density at radius 3 is 1.92 bits per heavy atom. The van der Waals surface area contributed by atoms with E-state index < -0.39 is 41.8 Å². The maximum atomic E-state index is 12.9. The zero-order valence-electron chi connectivity index (χ0n) is 15.8. The number of rotatable bonds is 8. The fraction of sp³-hybridized carbons (Fsp3) is 0.526. The molecule has 5 N–H and O–H groups in total. The normalized spacial score (nSPS) is 14.8. The molecule has 0 saturated carbocycles. The van der Waals surface area contributed by atoms with E-state index in [1.807, 2.05) is 30.3 Å². The molecule has 1 aromatic carbocycles. The van der Waals surface area contributed by atoms with E-state index in [1.54, 1.807) is 27.7 Å². The van der Waals surface area contributed by atoms with Crippen molar-refractivity contribution in [3.63, 3.8) is 0 Å². The highest BCUT2D eigenvalue weighted by Crippen LogP contribution is 2.17. The summed E-state index contributed by atoms with van der Waals surface area (Å²) >= 11 is 0. The van der Waals surface area contributed by atoms with Crippen molar-refractivity contribution in [2.45, 2.75) is 52.2 Å². The molecule has 0 aliphatic heterocycles. The van der Waals surface area contributed by atoms with Crippen molar-refractivity contribution in [3.8, 4) is 0 Å². The molecule has 0 bridgehead atoms. The number of carboxylic acids is 1. The third kappa shape index (κ3) is 5.37. The molecule has 1 rings (SSSR count). The highest BCUT2D eigenvalue weighted by Gasteiger charge is 2.41. The van der Waals surface area contributed by atoms with E-state index in [4.69, 9.17) is 11.5 Å². The van der Waals surface area contributed by atoms with E-state index in [9.17, 15) is 19.5 Å². The zero-order valence-corrected chi connectivity index (χ0v) is 15.8. The molecule has 0 saturated heterocycles. The van der Waals surface area contributed by atoms with Gasteiger partial charge in [-0.25, -0.2) is 4.79 Å². The van der Waals surface area contributed by atoms with Crippen LogP contribution in [0.25, 0.3) is 0 Å². The van der Waals surface area contributed by atoms with Gasteiger partial charge in [0.15, 0.2) is 0 Å². The van der Waals surface area contributed by atoms with Gasteiger partial charge in [-0.3, -0.25) is 14.5 Å². The Bertz CT molecular complexity index is 631. The summed E-state index contributed by atoms with van der Waals surface area (Å²) in [7, 11) is 0. The van der Waals surface area contributed by atoms with Gasteiger partial charge in [0.25, 0.3) is 0 Å². The molecule has 0 aliphatic carbocycles. The molecule has 0 radical (unpaired) electrons. The molecule has 0 aromatic heterocycles. The van der Waals surface area contributed by atoms with Crippen molar-refractivity contribution in [3.05, 3.63) is 35.9 Å². The Hall–Kier alpha value is -2.25. The Labute approximate surface area is 154 Å². The van der Waals surface area contributed by atoms with Gasteiger partial charge in [0, 0.05) is 0 Å². The molecule has 26 heavy (non-hydrogen) atoms. The van der Waals surface area contributed by atoms with Gasteiger partial charge >= 0.3 is 5.97 Å². The van der Waals surface area contributed by atoms with Gasteiger partial charge in [-0.05, 0) is 23.8 Å². The summed E-state index contributed by atoms with van der Waals surface area (Å²) in [5.41, 5.74) is 12.8. The molecule has 2 amide bonds. The molecule has 0 spiro atoms. The van der Waals surface area contributed by atoms with Crippen LogP contribution in [0.1, 0.15) is 33.3 Å². The minimum Gasteiger partial charge on any atom is -0.480 e. The molecule has 144 valence electrons. The van der Waals surface area contributed by atoms with Crippen molar-refractivity contribution in [1.29, 1.82) is 0 Å². The first kappa shape index (κ1) is 21.8. The summed E-state index contributed by atoms with van der Waals surface area (Å²) in [6.45, 7) is 6.74. The van der Waals surface area contributed by atoms with Crippen molar-refractivity contribution in [2.24, 2.45) is 23.3 Å². The van der Waals surface area contributed by atoms with E-state index in [0.717, 1.165) is 10.5 Å². The van der Waals surface area contributed by atoms with E-state index in [0.29, 0.717) is 0 Å². The lowest BCUT2D eigenvalue weighted by Gasteiger charge is -2.34. The fourth-order valence-corrected chi connectivity index (χ4v) is 2.66. The number of benzene rings is 1. The van der Waals surface area contributed by atoms with E-state index >= 15 is 0 Å². The number of nitrogens with zero attached hydrogens (tertiary/aromatic N) is 1. The van der Waals surface area contributed by atoms with Crippen LogP contribution in [-0.2, 0) is 20.8 Å². The van der Waals surface area contributed by atoms with Crippen LogP contribution in [0.15, 0.2) is 30.3 Å². The van der Waals surface area contributed by atoms with Crippen LogP contribution in [0.3, 0.4) is 0 Å². The molecule has 0 aliphatic rings. The molecule has 3 atom stereocenters. The number of carbonyl (C=O) groups is 3. The summed E-state index contributed by atoms with van der Waals surface area (Å²) in [6.07, 6.45) is 0.199. The van der Waals surface area contributed by atoms with Crippen LogP contribution in [-0.4, -0.2) is 45.9 Å². The largest absolute Gasteiger partial charge is 0.480 e. The van der Waals surface area contributed by atoms with Crippen LogP contribution in [0.2, 0.25) is 0 Å². The Morgan fingerprint density at radius 1 is 0.962 bits per heavy atom. The molecule has 3 unspecified atom stereocenters. The minimum absolute atomic E-state index is 0.199. The maximum absolute atomic E-state index is 12.9. The second-order valence-corrected chi connectivity index (χ2v) is 7.14. The summed E-state index contributed by atoms with van der Waals surface area (Å²) in [6, 6.07) is 5.77. The number of imide groups is 1. The summed E-state index contributed by atoms with van der Waals surface area (Å²) in [5.74, 6) is -3.43. The van der Waals surface area contributed by atoms with Gasteiger partial charge in [-0.1, -0.05) is 58.0 Å². The van der Waals surface area contributed by atoms with Gasteiger partial charge < -0.3 is 16.6 Å². The third-order valence-corrected chi connectivity index (χ3v) is 4.26. The average Bonchev–Trinajstić information content (AvgIpc) is 2.57. The second kappa shape index (κ2) is 9.45. The standard InChI is InChI=1S/C19H29N3O4/c1-11(2)15(21)18(24)22(16(12(3)4)19(25)26)17(23)14(20)10-13-8-6-5-7-9-13/h5-9,11-12,14-16H,10,20-21H2,1-4H3,(H,25,26). The topological polar surface area (TPSA) is 127 Å². The molecular formula is C19H29N3O4. The highest BCUT2D eigenvalue weighted by atomic mass is 16.4. The van der Waals surface area contributed by atoms with Crippen molar-refractivity contribution >= 4 is 17.8 Å². The number of hydrogen-bond acceptors (Lipinski definition) is 5. The molecule has 7 nitrogen and oxygen atoms in total. The number of carbonyl (C=O) groups excluding carboxylic acids is 2. The van der Waals surface area contributed by atoms with Crippen LogP contribution in [0.4, 0.5) is 0 Å². The SMILES string of the molecule is CC(C)C(N)C(=O)N(C(=O)C(N)Cc1ccccc1)C(C(=O)O)C(C)C. The molecular weight excluding hydrogens is 334 g/mol. The van der Waals surface area contributed by atoms with Crippen molar-refractivity contribution < 1.29 is 19.5 Å². The number of carboxylic acid groups (broad SMARTS) is 1.